The predicted molar refractivity (Wildman–Crippen MR) is 75.9 cm³/mol. The van der Waals surface area contributed by atoms with E-state index in [1.54, 1.807) is 6.20 Å². The molecule has 0 atom stereocenters. The number of ether oxygens (including phenoxy) is 1. The highest BCUT2D eigenvalue weighted by molar-refractivity contribution is 9.10. The van der Waals surface area contributed by atoms with Crippen LogP contribution in [-0.4, -0.2) is 16.7 Å². The van der Waals surface area contributed by atoms with Gasteiger partial charge in [0, 0.05) is 21.6 Å². The number of amides is 1. The summed E-state index contributed by atoms with van der Waals surface area (Å²) in [6.45, 7) is 5.49. The summed E-state index contributed by atoms with van der Waals surface area (Å²) in [6, 6.07) is 5.80. The zero-order valence-corrected chi connectivity index (χ0v) is 12.1. The fraction of sp³-hybridized carbons (Fsp3) is 0.308. The number of carbonyl (C=O) groups is 1. The largest absolute Gasteiger partial charge is 0.444 e. The minimum Gasteiger partial charge on any atom is -0.444 e. The molecule has 2 rings (SSSR count). The van der Waals surface area contributed by atoms with Gasteiger partial charge < -0.3 is 9.72 Å². The lowest BCUT2D eigenvalue weighted by Crippen LogP contribution is -2.27. The van der Waals surface area contributed by atoms with Crippen LogP contribution in [0.4, 0.5) is 10.5 Å². The van der Waals surface area contributed by atoms with E-state index in [1.165, 1.54) is 0 Å². The molecule has 0 fully saturated rings. The highest BCUT2D eigenvalue weighted by Crippen LogP contribution is 2.30. The number of rotatable bonds is 1. The maximum Gasteiger partial charge on any atom is 0.412 e. The molecule has 5 heteroatoms. The van der Waals surface area contributed by atoms with E-state index in [1.807, 2.05) is 39.0 Å². The Bertz CT molecular complexity index is 584. The molecule has 0 aliphatic heterocycles. The van der Waals surface area contributed by atoms with Gasteiger partial charge in [-0.25, -0.2) is 4.79 Å². The first-order valence-electron chi connectivity index (χ1n) is 5.62. The van der Waals surface area contributed by atoms with Gasteiger partial charge in [0.25, 0.3) is 0 Å². The van der Waals surface area contributed by atoms with Crippen molar-refractivity contribution < 1.29 is 9.53 Å². The van der Waals surface area contributed by atoms with Crippen molar-refractivity contribution in [2.75, 3.05) is 5.32 Å². The summed E-state index contributed by atoms with van der Waals surface area (Å²) in [5.74, 6) is 0. The molecule has 18 heavy (non-hydrogen) atoms. The van der Waals surface area contributed by atoms with Crippen molar-refractivity contribution in [3.63, 3.8) is 0 Å². The van der Waals surface area contributed by atoms with Crippen molar-refractivity contribution in [3.05, 3.63) is 28.9 Å². The van der Waals surface area contributed by atoms with Crippen LogP contribution >= 0.6 is 15.9 Å². The number of anilines is 1. The van der Waals surface area contributed by atoms with Crippen LogP contribution in [0.3, 0.4) is 0 Å². The number of H-pyrrole nitrogens is 1. The minimum absolute atomic E-state index is 0.459. The first-order chi connectivity index (χ1) is 8.37. The number of halogens is 1. The Kier molecular flexibility index (Phi) is 3.34. The van der Waals surface area contributed by atoms with E-state index in [0.29, 0.717) is 5.69 Å². The van der Waals surface area contributed by atoms with E-state index in [0.717, 1.165) is 15.4 Å². The standard InChI is InChI=1S/C13H15BrN2O2/c1-13(2,3)18-12(17)16-10-7-15-9-6-4-5-8(14)11(9)10/h4-7,15H,1-3H3,(H,16,17). The summed E-state index contributed by atoms with van der Waals surface area (Å²) in [5, 5.41) is 3.67. The number of nitrogens with one attached hydrogen (secondary N) is 2. The molecule has 96 valence electrons. The van der Waals surface area contributed by atoms with Gasteiger partial charge in [0.2, 0.25) is 0 Å². The summed E-state index contributed by atoms with van der Waals surface area (Å²) >= 11 is 3.47. The second-order valence-electron chi connectivity index (χ2n) is 4.99. The van der Waals surface area contributed by atoms with Crippen molar-refractivity contribution in [1.82, 2.24) is 4.98 Å². The number of fused-ring (bicyclic) bond motifs is 1. The molecule has 0 radical (unpaired) electrons. The van der Waals surface area contributed by atoms with E-state index in [4.69, 9.17) is 4.74 Å². The molecule has 1 amide bonds. The Labute approximate surface area is 114 Å². The second kappa shape index (κ2) is 4.65. The Morgan fingerprint density at radius 2 is 2.11 bits per heavy atom. The lowest BCUT2D eigenvalue weighted by Gasteiger charge is -2.19. The van der Waals surface area contributed by atoms with Gasteiger partial charge in [-0.15, -0.1) is 0 Å². The molecule has 1 aromatic heterocycles. The maximum atomic E-state index is 11.7. The molecular weight excluding hydrogens is 296 g/mol. The highest BCUT2D eigenvalue weighted by Gasteiger charge is 2.17. The average molecular weight is 311 g/mol. The van der Waals surface area contributed by atoms with Gasteiger partial charge in [0.05, 0.1) is 5.69 Å². The summed E-state index contributed by atoms with van der Waals surface area (Å²) in [6.07, 6.45) is 1.29. The van der Waals surface area contributed by atoms with Crippen LogP contribution in [0.2, 0.25) is 0 Å². The molecule has 0 saturated heterocycles. The lowest BCUT2D eigenvalue weighted by atomic mass is 10.2. The van der Waals surface area contributed by atoms with E-state index in [9.17, 15) is 4.79 Å². The van der Waals surface area contributed by atoms with E-state index < -0.39 is 11.7 Å². The van der Waals surface area contributed by atoms with E-state index >= 15 is 0 Å². The molecule has 0 spiro atoms. The van der Waals surface area contributed by atoms with Crippen molar-refractivity contribution >= 4 is 38.6 Å². The van der Waals surface area contributed by atoms with Crippen LogP contribution in [0, 0.1) is 0 Å². The van der Waals surface area contributed by atoms with E-state index in [2.05, 4.69) is 26.2 Å². The summed E-state index contributed by atoms with van der Waals surface area (Å²) < 4.78 is 6.14. The minimum atomic E-state index is -0.507. The molecule has 0 aliphatic rings. The monoisotopic (exact) mass is 310 g/mol. The van der Waals surface area contributed by atoms with Gasteiger partial charge >= 0.3 is 6.09 Å². The first-order valence-corrected chi connectivity index (χ1v) is 6.42. The molecule has 0 unspecified atom stereocenters. The summed E-state index contributed by atoms with van der Waals surface area (Å²) in [4.78, 5) is 14.8. The SMILES string of the molecule is CC(C)(C)OC(=O)Nc1c[nH]c2cccc(Br)c12. The Morgan fingerprint density at radius 3 is 2.78 bits per heavy atom. The molecule has 2 aromatic rings. The average Bonchev–Trinajstić information content (AvgIpc) is 2.59. The fourth-order valence-electron chi connectivity index (χ4n) is 1.65. The quantitative estimate of drug-likeness (QED) is 0.826. The second-order valence-corrected chi connectivity index (χ2v) is 5.85. The van der Waals surface area contributed by atoms with Crippen LogP contribution in [-0.2, 0) is 4.74 Å². The van der Waals surface area contributed by atoms with Crippen LogP contribution in [0.5, 0.6) is 0 Å². The summed E-state index contributed by atoms with van der Waals surface area (Å²) in [7, 11) is 0. The number of carbonyl (C=O) groups excluding carboxylic acids is 1. The zero-order valence-electron chi connectivity index (χ0n) is 10.5. The predicted octanol–water partition coefficient (Wildman–Crippen LogP) is 4.28. The molecule has 0 saturated carbocycles. The van der Waals surface area contributed by atoms with Crippen molar-refractivity contribution in [1.29, 1.82) is 0 Å². The van der Waals surface area contributed by atoms with Gasteiger partial charge in [-0.1, -0.05) is 22.0 Å². The third kappa shape index (κ3) is 2.85. The van der Waals surface area contributed by atoms with Gasteiger partial charge in [0.1, 0.15) is 5.60 Å². The van der Waals surface area contributed by atoms with Crippen LogP contribution in [0.25, 0.3) is 10.9 Å². The number of hydrogen-bond donors (Lipinski definition) is 2. The lowest BCUT2D eigenvalue weighted by molar-refractivity contribution is 0.0636. The van der Waals surface area contributed by atoms with Crippen molar-refractivity contribution in [2.45, 2.75) is 26.4 Å². The smallest absolute Gasteiger partial charge is 0.412 e. The molecular formula is C13H15BrN2O2. The van der Waals surface area contributed by atoms with Gasteiger partial charge in [0.15, 0.2) is 0 Å². The first kappa shape index (κ1) is 13.0. The van der Waals surface area contributed by atoms with Crippen molar-refractivity contribution in [3.8, 4) is 0 Å². The van der Waals surface area contributed by atoms with Crippen LogP contribution in [0.1, 0.15) is 20.8 Å². The number of aromatic nitrogens is 1. The third-order valence-corrected chi connectivity index (χ3v) is 2.95. The summed E-state index contributed by atoms with van der Waals surface area (Å²) in [5.41, 5.74) is 1.15. The van der Waals surface area contributed by atoms with Crippen LogP contribution in [0.15, 0.2) is 28.9 Å². The Hall–Kier alpha value is -1.49. The van der Waals surface area contributed by atoms with E-state index in [-0.39, 0.29) is 0 Å². The highest BCUT2D eigenvalue weighted by atomic mass is 79.9. The molecule has 2 N–H and O–H groups in total. The zero-order chi connectivity index (χ0) is 13.3. The molecule has 1 heterocycles. The topological polar surface area (TPSA) is 54.1 Å². The molecule has 0 aliphatic carbocycles. The van der Waals surface area contributed by atoms with Crippen LogP contribution < -0.4 is 5.32 Å². The maximum absolute atomic E-state index is 11.7. The fourth-order valence-corrected chi connectivity index (χ4v) is 2.23. The normalized spacial score (nSPS) is 11.6. The van der Waals surface area contributed by atoms with Gasteiger partial charge in [-0.2, -0.15) is 0 Å². The number of benzene rings is 1. The number of aromatic amines is 1. The Balaban J connectivity index is 2.25. The molecule has 0 bridgehead atoms. The molecule has 1 aromatic carbocycles. The van der Waals surface area contributed by atoms with Gasteiger partial charge in [-0.3, -0.25) is 5.32 Å². The van der Waals surface area contributed by atoms with Gasteiger partial charge in [-0.05, 0) is 32.9 Å². The third-order valence-electron chi connectivity index (χ3n) is 2.29. The van der Waals surface area contributed by atoms with Crippen molar-refractivity contribution in [2.24, 2.45) is 0 Å². The Morgan fingerprint density at radius 1 is 1.39 bits per heavy atom. The molecule has 4 nitrogen and oxygen atoms in total. The number of hydrogen-bond acceptors (Lipinski definition) is 2.